The summed E-state index contributed by atoms with van der Waals surface area (Å²) >= 11 is 0. The lowest BCUT2D eigenvalue weighted by Gasteiger charge is -2.13. The molecular weight excluding hydrogens is 284 g/mol. The highest BCUT2D eigenvalue weighted by Gasteiger charge is 2.09. The third-order valence-corrected chi connectivity index (χ3v) is 3.68. The molecule has 0 spiro atoms. The predicted molar refractivity (Wildman–Crippen MR) is 95.8 cm³/mol. The summed E-state index contributed by atoms with van der Waals surface area (Å²) in [4.78, 5) is 12.4. The van der Waals surface area contributed by atoms with E-state index in [9.17, 15) is 4.79 Å². The Balaban J connectivity index is 1.93. The molecule has 1 amide bonds. The Hall–Kier alpha value is -3.07. The molecule has 3 rings (SSSR count). The van der Waals surface area contributed by atoms with E-state index >= 15 is 0 Å². The van der Waals surface area contributed by atoms with Gasteiger partial charge in [-0.2, -0.15) is 0 Å². The van der Waals surface area contributed by atoms with Gasteiger partial charge < -0.3 is 10.6 Å². The Labute approximate surface area is 136 Å². The minimum atomic E-state index is -0.118. The van der Waals surface area contributed by atoms with E-state index < -0.39 is 0 Å². The van der Waals surface area contributed by atoms with Crippen molar-refractivity contribution in [2.75, 3.05) is 17.7 Å². The van der Waals surface area contributed by atoms with Crippen molar-refractivity contribution >= 4 is 17.3 Å². The SMILES string of the molecule is CNc1ccc(-c2ccccc2)cc1NC(=O)c1ccccc1. The summed E-state index contributed by atoms with van der Waals surface area (Å²) in [7, 11) is 1.84. The van der Waals surface area contributed by atoms with Crippen LogP contribution in [-0.4, -0.2) is 13.0 Å². The molecule has 3 aromatic carbocycles. The molecule has 0 unspecified atom stereocenters. The van der Waals surface area contributed by atoms with Gasteiger partial charge in [0, 0.05) is 12.6 Å². The zero-order chi connectivity index (χ0) is 16.1. The fraction of sp³-hybridized carbons (Fsp3) is 0.0500. The minimum absolute atomic E-state index is 0.118. The first-order chi connectivity index (χ1) is 11.3. The van der Waals surface area contributed by atoms with E-state index in [4.69, 9.17) is 0 Å². The van der Waals surface area contributed by atoms with Crippen molar-refractivity contribution in [3.8, 4) is 11.1 Å². The quantitative estimate of drug-likeness (QED) is 0.736. The molecule has 3 nitrogen and oxygen atoms in total. The van der Waals surface area contributed by atoms with Gasteiger partial charge in [0.05, 0.1) is 11.4 Å². The average molecular weight is 302 g/mol. The van der Waals surface area contributed by atoms with E-state index in [-0.39, 0.29) is 5.91 Å². The second-order valence-corrected chi connectivity index (χ2v) is 5.20. The Morgan fingerprint density at radius 1 is 0.739 bits per heavy atom. The molecule has 3 aromatic rings. The van der Waals surface area contributed by atoms with Crippen LogP contribution in [0.5, 0.6) is 0 Å². The van der Waals surface area contributed by atoms with Crippen LogP contribution in [0.4, 0.5) is 11.4 Å². The summed E-state index contributed by atoms with van der Waals surface area (Å²) in [6.07, 6.45) is 0. The predicted octanol–water partition coefficient (Wildman–Crippen LogP) is 4.65. The molecule has 0 aromatic heterocycles. The maximum atomic E-state index is 12.4. The molecular formula is C20H18N2O. The van der Waals surface area contributed by atoms with Gasteiger partial charge >= 0.3 is 0 Å². The molecule has 0 saturated carbocycles. The van der Waals surface area contributed by atoms with Crippen LogP contribution in [0.2, 0.25) is 0 Å². The number of hydrogen-bond acceptors (Lipinski definition) is 2. The van der Waals surface area contributed by atoms with Crippen molar-refractivity contribution in [1.29, 1.82) is 0 Å². The smallest absolute Gasteiger partial charge is 0.255 e. The van der Waals surface area contributed by atoms with Crippen molar-refractivity contribution in [2.24, 2.45) is 0 Å². The number of nitrogens with one attached hydrogen (secondary N) is 2. The molecule has 2 N–H and O–H groups in total. The molecule has 3 heteroatoms. The van der Waals surface area contributed by atoms with Gasteiger partial charge in [-0.15, -0.1) is 0 Å². The van der Waals surface area contributed by atoms with Crippen LogP contribution in [0.15, 0.2) is 78.9 Å². The second-order valence-electron chi connectivity index (χ2n) is 5.20. The van der Waals surface area contributed by atoms with E-state index in [1.165, 1.54) is 0 Å². The highest BCUT2D eigenvalue weighted by Crippen LogP contribution is 2.29. The number of benzene rings is 3. The molecule has 0 heterocycles. The van der Waals surface area contributed by atoms with Gasteiger partial charge in [-0.05, 0) is 35.4 Å². The summed E-state index contributed by atoms with van der Waals surface area (Å²) < 4.78 is 0. The van der Waals surface area contributed by atoms with Crippen LogP contribution in [-0.2, 0) is 0 Å². The zero-order valence-corrected chi connectivity index (χ0v) is 12.9. The molecule has 0 bridgehead atoms. The van der Waals surface area contributed by atoms with E-state index in [1.807, 2.05) is 61.6 Å². The first kappa shape index (κ1) is 14.9. The fourth-order valence-corrected chi connectivity index (χ4v) is 2.46. The van der Waals surface area contributed by atoms with Crippen LogP contribution >= 0.6 is 0 Å². The maximum absolute atomic E-state index is 12.4. The van der Waals surface area contributed by atoms with Crippen LogP contribution in [0.25, 0.3) is 11.1 Å². The third-order valence-electron chi connectivity index (χ3n) is 3.68. The molecule has 0 saturated heterocycles. The number of hydrogen-bond donors (Lipinski definition) is 2. The Kier molecular flexibility index (Phi) is 4.39. The highest BCUT2D eigenvalue weighted by molar-refractivity contribution is 6.06. The van der Waals surface area contributed by atoms with Gasteiger partial charge in [0.2, 0.25) is 0 Å². The number of amides is 1. The van der Waals surface area contributed by atoms with E-state index in [0.29, 0.717) is 5.56 Å². The largest absolute Gasteiger partial charge is 0.386 e. The molecule has 0 aliphatic heterocycles. The van der Waals surface area contributed by atoms with Crippen LogP contribution in [0.1, 0.15) is 10.4 Å². The molecule has 114 valence electrons. The molecule has 0 radical (unpaired) electrons. The fourth-order valence-electron chi connectivity index (χ4n) is 2.46. The second kappa shape index (κ2) is 6.79. The topological polar surface area (TPSA) is 41.1 Å². The lowest BCUT2D eigenvalue weighted by atomic mass is 10.0. The average Bonchev–Trinajstić information content (AvgIpc) is 2.63. The van der Waals surface area contributed by atoms with E-state index in [1.54, 1.807) is 12.1 Å². The van der Waals surface area contributed by atoms with Gasteiger partial charge in [-0.25, -0.2) is 0 Å². The summed E-state index contributed by atoms with van der Waals surface area (Å²) in [5, 5.41) is 6.10. The van der Waals surface area contributed by atoms with Gasteiger partial charge in [-0.3, -0.25) is 4.79 Å². The van der Waals surface area contributed by atoms with Crippen molar-refractivity contribution in [2.45, 2.75) is 0 Å². The van der Waals surface area contributed by atoms with Gasteiger partial charge in [-0.1, -0.05) is 54.6 Å². The number of anilines is 2. The lowest BCUT2D eigenvalue weighted by molar-refractivity contribution is 0.102. The number of carbonyl (C=O) groups excluding carboxylic acids is 1. The zero-order valence-electron chi connectivity index (χ0n) is 12.9. The van der Waals surface area contributed by atoms with Crippen molar-refractivity contribution in [3.63, 3.8) is 0 Å². The molecule has 0 aliphatic rings. The van der Waals surface area contributed by atoms with Gasteiger partial charge in [0.1, 0.15) is 0 Å². The van der Waals surface area contributed by atoms with E-state index in [2.05, 4.69) is 22.8 Å². The highest BCUT2D eigenvalue weighted by atomic mass is 16.1. The van der Waals surface area contributed by atoms with Crippen molar-refractivity contribution in [1.82, 2.24) is 0 Å². The van der Waals surface area contributed by atoms with Crippen molar-refractivity contribution < 1.29 is 4.79 Å². The van der Waals surface area contributed by atoms with Crippen LogP contribution < -0.4 is 10.6 Å². The van der Waals surface area contributed by atoms with Crippen molar-refractivity contribution in [3.05, 3.63) is 84.4 Å². The Morgan fingerprint density at radius 2 is 1.39 bits per heavy atom. The minimum Gasteiger partial charge on any atom is -0.386 e. The van der Waals surface area contributed by atoms with Crippen LogP contribution in [0.3, 0.4) is 0 Å². The summed E-state index contributed by atoms with van der Waals surface area (Å²) in [5.41, 5.74) is 4.47. The molecule has 0 atom stereocenters. The Bertz CT molecular complexity index is 798. The third kappa shape index (κ3) is 3.40. The van der Waals surface area contributed by atoms with E-state index in [0.717, 1.165) is 22.5 Å². The molecule has 0 fully saturated rings. The Morgan fingerprint density at radius 3 is 2.04 bits per heavy atom. The maximum Gasteiger partial charge on any atom is 0.255 e. The number of rotatable bonds is 4. The number of carbonyl (C=O) groups is 1. The summed E-state index contributed by atoms with van der Waals surface area (Å²) in [6.45, 7) is 0. The normalized spacial score (nSPS) is 10.1. The van der Waals surface area contributed by atoms with Gasteiger partial charge in [0.15, 0.2) is 0 Å². The standard InChI is InChI=1S/C20H18N2O/c1-21-18-13-12-17(15-8-4-2-5-9-15)14-19(18)22-20(23)16-10-6-3-7-11-16/h2-14,21H,1H3,(H,22,23). The molecule has 23 heavy (non-hydrogen) atoms. The van der Waals surface area contributed by atoms with Crippen LogP contribution in [0, 0.1) is 0 Å². The van der Waals surface area contributed by atoms with Gasteiger partial charge in [0.25, 0.3) is 5.91 Å². The first-order valence-electron chi connectivity index (χ1n) is 7.51. The monoisotopic (exact) mass is 302 g/mol. The summed E-state index contributed by atoms with van der Waals surface area (Å²) in [6, 6.07) is 25.3. The lowest BCUT2D eigenvalue weighted by Crippen LogP contribution is -2.13. The molecule has 0 aliphatic carbocycles. The first-order valence-corrected chi connectivity index (χ1v) is 7.51. The summed E-state index contributed by atoms with van der Waals surface area (Å²) in [5.74, 6) is -0.118.